The Morgan fingerprint density at radius 1 is 0.508 bits per heavy atom. The summed E-state index contributed by atoms with van der Waals surface area (Å²) >= 11 is 0. The van der Waals surface area contributed by atoms with Gasteiger partial charge in [-0.25, -0.2) is 0 Å². The molecule has 1 amide bonds. The van der Waals surface area contributed by atoms with Crippen molar-refractivity contribution < 1.29 is 24.5 Å². The standard InChI is InChI=1S/C55H95NO5/c1-4-7-10-13-16-19-22-25-27-28-29-31-34-37-40-43-46-51(61-55(60)48-45-42-39-36-33-30-26-23-20-17-14-11-8-5-2)49-54(59)56-52(50-57)53(58)47-44-41-38-35-32-24-21-18-15-12-9-6-3/h8,11,16-17,19-20,22,25-31,51-53,57-58H,4-7,9-10,12-15,18,21,23-24,32-50H2,1-3H3,(H,56,59)/b11-8+,19-16+,20-17+,25-22+,28-27+,30-26+,31-29+. The van der Waals surface area contributed by atoms with Gasteiger partial charge in [-0.15, -0.1) is 0 Å². The van der Waals surface area contributed by atoms with Gasteiger partial charge in [0.25, 0.3) is 0 Å². The summed E-state index contributed by atoms with van der Waals surface area (Å²) in [6.07, 6.45) is 62.0. The van der Waals surface area contributed by atoms with Crippen molar-refractivity contribution in [2.45, 2.75) is 244 Å². The summed E-state index contributed by atoms with van der Waals surface area (Å²) in [6, 6.07) is -0.723. The summed E-state index contributed by atoms with van der Waals surface area (Å²) in [4.78, 5) is 26.1. The molecule has 0 fully saturated rings. The number of amides is 1. The smallest absolute Gasteiger partial charge is 0.306 e. The molecule has 0 rings (SSSR count). The molecule has 3 N–H and O–H groups in total. The van der Waals surface area contributed by atoms with E-state index in [4.69, 9.17) is 4.74 Å². The number of rotatable bonds is 44. The fourth-order valence-electron chi connectivity index (χ4n) is 7.22. The number of ether oxygens (including phenoxy) is 1. The minimum absolute atomic E-state index is 0.0384. The van der Waals surface area contributed by atoms with Gasteiger partial charge in [0.15, 0.2) is 0 Å². The van der Waals surface area contributed by atoms with Crippen LogP contribution in [0.5, 0.6) is 0 Å². The second-order valence-electron chi connectivity index (χ2n) is 16.9. The van der Waals surface area contributed by atoms with Gasteiger partial charge in [-0.05, 0) is 83.5 Å². The number of hydrogen-bond donors (Lipinski definition) is 3. The molecule has 6 nitrogen and oxygen atoms in total. The highest BCUT2D eigenvalue weighted by Crippen LogP contribution is 2.17. The molecule has 0 aliphatic carbocycles. The van der Waals surface area contributed by atoms with Crippen molar-refractivity contribution in [3.05, 3.63) is 85.1 Å². The molecule has 0 saturated carbocycles. The van der Waals surface area contributed by atoms with E-state index >= 15 is 0 Å². The minimum Gasteiger partial charge on any atom is -0.462 e. The predicted octanol–water partition coefficient (Wildman–Crippen LogP) is 15.2. The van der Waals surface area contributed by atoms with E-state index in [1.807, 2.05) is 6.08 Å². The first-order chi connectivity index (χ1) is 30.0. The molecule has 61 heavy (non-hydrogen) atoms. The third-order valence-corrected chi connectivity index (χ3v) is 11.1. The van der Waals surface area contributed by atoms with Crippen LogP contribution in [0.2, 0.25) is 0 Å². The van der Waals surface area contributed by atoms with Crippen molar-refractivity contribution >= 4 is 11.9 Å². The van der Waals surface area contributed by atoms with Crippen molar-refractivity contribution in [1.29, 1.82) is 0 Å². The van der Waals surface area contributed by atoms with Crippen LogP contribution in [-0.2, 0) is 14.3 Å². The van der Waals surface area contributed by atoms with Gasteiger partial charge >= 0.3 is 5.97 Å². The average molecular weight is 850 g/mol. The number of carbonyl (C=O) groups is 2. The van der Waals surface area contributed by atoms with Crippen LogP contribution in [0.25, 0.3) is 0 Å². The third kappa shape index (κ3) is 43.5. The summed E-state index contributed by atoms with van der Waals surface area (Å²) in [7, 11) is 0. The maximum Gasteiger partial charge on any atom is 0.306 e. The first kappa shape index (κ1) is 58.0. The number of esters is 1. The van der Waals surface area contributed by atoms with E-state index in [1.54, 1.807) is 0 Å². The topological polar surface area (TPSA) is 95.9 Å². The molecule has 0 aromatic rings. The molecule has 3 atom stereocenters. The average Bonchev–Trinajstić information content (AvgIpc) is 3.25. The Morgan fingerprint density at radius 3 is 1.54 bits per heavy atom. The molecule has 0 aliphatic heterocycles. The van der Waals surface area contributed by atoms with E-state index in [0.717, 1.165) is 103 Å². The molecule has 3 unspecified atom stereocenters. The van der Waals surface area contributed by atoms with Crippen molar-refractivity contribution in [1.82, 2.24) is 5.32 Å². The fourth-order valence-corrected chi connectivity index (χ4v) is 7.22. The quantitative estimate of drug-likeness (QED) is 0.0246. The van der Waals surface area contributed by atoms with E-state index in [-0.39, 0.29) is 24.9 Å². The Kier molecular flexibility index (Phi) is 45.7. The monoisotopic (exact) mass is 850 g/mol. The lowest BCUT2D eigenvalue weighted by Gasteiger charge is -2.24. The molecule has 0 aliphatic rings. The third-order valence-electron chi connectivity index (χ3n) is 11.1. The Balaban J connectivity index is 4.74. The summed E-state index contributed by atoms with van der Waals surface area (Å²) in [6.45, 7) is 6.30. The summed E-state index contributed by atoms with van der Waals surface area (Å²) < 4.78 is 5.90. The summed E-state index contributed by atoms with van der Waals surface area (Å²) in [5.41, 5.74) is 0. The van der Waals surface area contributed by atoms with Crippen molar-refractivity contribution in [2.24, 2.45) is 0 Å². The van der Waals surface area contributed by atoms with E-state index in [9.17, 15) is 19.8 Å². The molecular formula is C55H95NO5. The van der Waals surface area contributed by atoms with E-state index in [1.165, 1.54) is 77.0 Å². The summed E-state index contributed by atoms with van der Waals surface area (Å²) in [5, 5.41) is 23.7. The number of aliphatic hydroxyl groups excluding tert-OH is 2. The zero-order valence-corrected chi connectivity index (χ0v) is 39.8. The lowest BCUT2D eigenvalue weighted by atomic mass is 10.0. The second-order valence-corrected chi connectivity index (χ2v) is 16.9. The first-order valence-corrected chi connectivity index (χ1v) is 25.4. The lowest BCUT2D eigenvalue weighted by molar-refractivity contribution is -0.151. The van der Waals surface area contributed by atoms with Crippen LogP contribution in [0.15, 0.2) is 85.1 Å². The van der Waals surface area contributed by atoms with Crippen LogP contribution < -0.4 is 5.32 Å². The highest BCUT2D eigenvalue weighted by molar-refractivity contribution is 5.77. The molecule has 0 saturated heterocycles. The predicted molar refractivity (Wildman–Crippen MR) is 264 cm³/mol. The zero-order chi connectivity index (χ0) is 44.5. The molecule has 0 radical (unpaired) electrons. The molecular weight excluding hydrogens is 755 g/mol. The van der Waals surface area contributed by atoms with E-state index < -0.39 is 18.2 Å². The van der Waals surface area contributed by atoms with Gasteiger partial charge in [0.05, 0.1) is 25.2 Å². The van der Waals surface area contributed by atoms with Gasteiger partial charge < -0.3 is 20.3 Å². The Hall–Kier alpha value is -2.96. The Bertz CT molecular complexity index is 1180. The molecule has 350 valence electrons. The van der Waals surface area contributed by atoms with Crippen LogP contribution in [0, 0.1) is 0 Å². The van der Waals surface area contributed by atoms with Crippen LogP contribution in [0.1, 0.15) is 226 Å². The van der Waals surface area contributed by atoms with Gasteiger partial charge in [0.2, 0.25) is 5.91 Å². The number of aliphatic hydroxyl groups is 2. The molecule has 0 heterocycles. The SMILES string of the molecule is CC/C=C/C/C=C/C/C=C/CCCCCCC(=O)OC(CCCCC/C=C/C=C/C=C/C=C/CCCCC)CC(=O)NC(CO)C(O)CCCCCCCCCCCCCC. The zero-order valence-electron chi connectivity index (χ0n) is 39.8. The lowest BCUT2D eigenvalue weighted by Crippen LogP contribution is -2.46. The second kappa shape index (κ2) is 48.1. The fraction of sp³-hybridized carbons (Fsp3) is 0.709. The van der Waals surface area contributed by atoms with Gasteiger partial charge in [-0.2, -0.15) is 0 Å². The van der Waals surface area contributed by atoms with E-state index in [2.05, 4.69) is 105 Å². The number of hydrogen-bond acceptors (Lipinski definition) is 5. The number of carbonyl (C=O) groups excluding carboxylic acids is 2. The van der Waals surface area contributed by atoms with Crippen molar-refractivity contribution in [3.8, 4) is 0 Å². The number of unbranched alkanes of at least 4 members (excludes halogenated alkanes) is 21. The maximum atomic E-state index is 13.2. The number of allylic oxidation sites excluding steroid dienone is 14. The molecule has 0 spiro atoms. The largest absolute Gasteiger partial charge is 0.462 e. The van der Waals surface area contributed by atoms with Crippen molar-refractivity contribution in [3.63, 3.8) is 0 Å². The maximum absolute atomic E-state index is 13.2. The Labute approximate surface area is 376 Å². The van der Waals surface area contributed by atoms with Crippen LogP contribution in [0.3, 0.4) is 0 Å². The highest BCUT2D eigenvalue weighted by Gasteiger charge is 2.24. The normalized spacial score (nSPS) is 14.0. The van der Waals surface area contributed by atoms with Crippen LogP contribution >= 0.6 is 0 Å². The first-order valence-electron chi connectivity index (χ1n) is 25.4. The van der Waals surface area contributed by atoms with Gasteiger partial charge in [-0.1, -0.05) is 215 Å². The molecule has 0 aromatic heterocycles. The molecule has 6 heteroatoms. The molecule has 0 aromatic carbocycles. The van der Waals surface area contributed by atoms with E-state index in [0.29, 0.717) is 19.3 Å². The highest BCUT2D eigenvalue weighted by atomic mass is 16.5. The van der Waals surface area contributed by atoms with Gasteiger partial charge in [0.1, 0.15) is 6.10 Å². The minimum atomic E-state index is -0.806. The summed E-state index contributed by atoms with van der Waals surface area (Å²) in [5.74, 6) is -0.544. The number of nitrogens with one attached hydrogen (secondary N) is 1. The van der Waals surface area contributed by atoms with Crippen LogP contribution in [0.4, 0.5) is 0 Å². The van der Waals surface area contributed by atoms with Crippen LogP contribution in [-0.4, -0.2) is 46.9 Å². The Morgan fingerprint density at radius 2 is 0.951 bits per heavy atom. The van der Waals surface area contributed by atoms with Crippen molar-refractivity contribution in [2.75, 3.05) is 6.61 Å². The molecule has 0 bridgehead atoms. The van der Waals surface area contributed by atoms with Gasteiger partial charge in [0, 0.05) is 6.42 Å². The van der Waals surface area contributed by atoms with Gasteiger partial charge in [-0.3, -0.25) is 9.59 Å².